The smallest absolute Gasteiger partial charge is 0.274 e. The lowest BCUT2D eigenvalue weighted by molar-refractivity contribution is -0.122. The van der Waals surface area contributed by atoms with E-state index in [9.17, 15) is 9.59 Å². The van der Waals surface area contributed by atoms with Crippen LogP contribution in [0.1, 0.15) is 23.1 Å². The van der Waals surface area contributed by atoms with Crippen LogP contribution in [0.25, 0.3) is 0 Å². The van der Waals surface area contributed by atoms with Crippen molar-refractivity contribution in [3.05, 3.63) is 11.4 Å². The van der Waals surface area contributed by atoms with E-state index in [1.54, 1.807) is 21.0 Å². The molecule has 1 aromatic heterocycles. The molecule has 1 atom stereocenters. The fraction of sp³-hybridized carbons (Fsp3) is 0.545. The highest BCUT2D eigenvalue weighted by atomic mass is 16.5. The van der Waals surface area contributed by atoms with Crippen LogP contribution < -0.4 is 16.4 Å². The maximum Gasteiger partial charge on any atom is 0.274 e. The molecule has 1 unspecified atom stereocenters. The minimum atomic E-state index is -0.680. The first-order chi connectivity index (χ1) is 8.97. The van der Waals surface area contributed by atoms with Gasteiger partial charge in [-0.2, -0.15) is 5.10 Å². The lowest BCUT2D eigenvalue weighted by atomic mass is 10.2. The van der Waals surface area contributed by atoms with E-state index < -0.39 is 11.9 Å². The second-order valence-electron chi connectivity index (χ2n) is 4.09. The van der Waals surface area contributed by atoms with Crippen molar-refractivity contribution in [2.24, 2.45) is 0 Å². The Morgan fingerprint density at radius 2 is 2.21 bits per heavy atom. The van der Waals surface area contributed by atoms with Gasteiger partial charge >= 0.3 is 0 Å². The van der Waals surface area contributed by atoms with Crippen molar-refractivity contribution in [3.63, 3.8) is 0 Å². The van der Waals surface area contributed by atoms with Crippen molar-refractivity contribution >= 4 is 17.5 Å². The van der Waals surface area contributed by atoms with Gasteiger partial charge in [-0.15, -0.1) is 0 Å². The zero-order chi connectivity index (χ0) is 14.4. The molecule has 0 saturated carbocycles. The number of nitrogens with zero attached hydrogens (tertiary/aromatic N) is 1. The Bertz CT molecular complexity index is 457. The lowest BCUT2D eigenvalue weighted by Gasteiger charge is -2.13. The number of nitrogens with two attached hydrogens (primary N) is 1. The van der Waals surface area contributed by atoms with Gasteiger partial charge in [0.15, 0.2) is 5.69 Å². The monoisotopic (exact) mass is 269 g/mol. The van der Waals surface area contributed by atoms with Gasteiger partial charge in [0.2, 0.25) is 5.91 Å². The van der Waals surface area contributed by atoms with E-state index >= 15 is 0 Å². The zero-order valence-electron chi connectivity index (χ0n) is 11.2. The minimum absolute atomic E-state index is 0.0917. The number of methoxy groups -OCH3 is 1. The summed E-state index contributed by atoms with van der Waals surface area (Å²) in [7, 11) is 1.54. The molecule has 0 radical (unpaired) electrons. The molecule has 0 aliphatic rings. The molecule has 0 fully saturated rings. The first-order valence-electron chi connectivity index (χ1n) is 5.85. The molecule has 0 aromatic carbocycles. The summed E-state index contributed by atoms with van der Waals surface area (Å²) in [5.41, 5.74) is 6.67. The second kappa shape index (κ2) is 6.74. The zero-order valence-corrected chi connectivity index (χ0v) is 11.2. The fourth-order valence-corrected chi connectivity index (χ4v) is 1.37. The summed E-state index contributed by atoms with van der Waals surface area (Å²) < 4.78 is 4.81. The number of hydrogen-bond acceptors (Lipinski definition) is 5. The third-order valence-electron chi connectivity index (χ3n) is 2.56. The highest BCUT2D eigenvalue weighted by Crippen LogP contribution is 2.12. The molecule has 5 N–H and O–H groups in total. The van der Waals surface area contributed by atoms with Crippen molar-refractivity contribution in [1.29, 1.82) is 0 Å². The molecule has 2 amide bonds. The standard InChI is InChI=1S/C11H19N5O3/c1-6-8(12)9(16-15-6)11(18)14-7(2)10(17)13-4-5-19-3/h7H,4-5,12H2,1-3H3,(H,13,17)(H,14,18)(H,15,16). The molecule has 0 saturated heterocycles. The highest BCUT2D eigenvalue weighted by molar-refractivity contribution is 6.00. The Labute approximate surface area is 111 Å². The average Bonchev–Trinajstić information content (AvgIpc) is 2.70. The molecule has 1 aromatic rings. The van der Waals surface area contributed by atoms with Crippen molar-refractivity contribution in [3.8, 4) is 0 Å². The Kier molecular flexibility index (Phi) is 5.31. The number of anilines is 1. The summed E-state index contributed by atoms with van der Waals surface area (Å²) in [6.45, 7) is 4.09. The van der Waals surface area contributed by atoms with Crippen LogP contribution >= 0.6 is 0 Å². The van der Waals surface area contributed by atoms with Crippen LogP contribution in [0.15, 0.2) is 0 Å². The van der Waals surface area contributed by atoms with Crippen molar-refractivity contribution in [1.82, 2.24) is 20.8 Å². The first-order valence-corrected chi connectivity index (χ1v) is 5.85. The summed E-state index contributed by atoms with van der Waals surface area (Å²) in [6.07, 6.45) is 0. The van der Waals surface area contributed by atoms with Gasteiger partial charge < -0.3 is 21.1 Å². The summed E-state index contributed by atoms with van der Waals surface area (Å²) >= 11 is 0. The number of aromatic amines is 1. The molecular weight excluding hydrogens is 250 g/mol. The lowest BCUT2D eigenvalue weighted by Crippen LogP contribution is -2.45. The van der Waals surface area contributed by atoms with Crippen molar-refractivity contribution < 1.29 is 14.3 Å². The van der Waals surface area contributed by atoms with Crippen LogP contribution in [0.2, 0.25) is 0 Å². The largest absolute Gasteiger partial charge is 0.395 e. The van der Waals surface area contributed by atoms with Crippen LogP contribution in [-0.4, -0.2) is 48.3 Å². The van der Waals surface area contributed by atoms with Crippen LogP contribution in [0, 0.1) is 6.92 Å². The van der Waals surface area contributed by atoms with Gasteiger partial charge in [0.25, 0.3) is 5.91 Å². The number of aromatic nitrogens is 2. The molecule has 1 heterocycles. The fourth-order valence-electron chi connectivity index (χ4n) is 1.37. The third-order valence-corrected chi connectivity index (χ3v) is 2.56. The average molecular weight is 269 g/mol. The predicted octanol–water partition coefficient (Wildman–Crippen LogP) is -0.819. The van der Waals surface area contributed by atoms with Gasteiger partial charge in [0.05, 0.1) is 18.0 Å². The van der Waals surface area contributed by atoms with E-state index in [2.05, 4.69) is 20.8 Å². The van der Waals surface area contributed by atoms with Crippen LogP contribution in [-0.2, 0) is 9.53 Å². The number of amides is 2. The Morgan fingerprint density at radius 3 is 2.74 bits per heavy atom. The number of rotatable bonds is 6. The molecule has 8 heteroatoms. The second-order valence-corrected chi connectivity index (χ2v) is 4.09. The van der Waals surface area contributed by atoms with Gasteiger partial charge in [0, 0.05) is 13.7 Å². The normalized spacial score (nSPS) is 11.9. The van der Waals surface area contributed by atoms with Gasteiger partial charge in [-0.05, 0) is 13.8 Å². The Morgan fingerprint density at radius 1 is 1.53 bits per heavy atom. The van der Waals surface area contributed by atoms with E-state index in [1.807, 2.05) is 0 Å². The summed E-state index contributed by atoms with van der Waals surface area (Å²) in [5.74, 6) is -0.785. The van der Waals surface area contributed by atoms with E-state index in [1.165, 1.54) is 0 Å². The van der Waals surface area contributed by atoms with Gasteiger partial charge in [-0.3, -0.25) is 14.7 Å². The highest BCUT2D eigenvalue weighted by Gasteiger charge is 2.20. The van der Waals surface area contributed by atoms with E-state index in [0.29, 0.717) is 18.8 Å². The minimum Gasteiger partial charge on any atom is -0.395 e. The van der Waals surface area contributed by atoms with E-state index in [4.69, 9.17) is 10.5 Å². The van der Waals surface area contributed by atoms with Crippen LogP contribution in [0.3, 0.4) is 0 Å². The Balaban J connectivity index is 2.52. The molecule has 106 valence electrons. The summed E-state index contributed by atoms with van der Waals surface area (Å²) in [6, 6.07) is -0.680. The van der Waals surface area contributed by atoms with Gasteiger partial charge in [-0.25, -0.2) is 0 Å². The van der Waals surface area contributed by atoms with Gasteiger partial charge in [-0.1, -0.05) is 0 Å². The number of carbonyl (C=O) groups excluding carboxylic acids is 2. The van der Waals surface area contributed by atoms with Crippen molar-refractivity contribution in [2.45, 2.75) is 19.9 Å². The maximum atomic E-state index is 11.8. The molecule has 0 bridgehead atoms. The first kappa shape index (κ1) is 15.0. The number of aryl methyl sites for hydroxylation is 1. The molecule has 0 aliphatic heterocycles. The molecule has 8 nitrogen and oxygen atoms in total. The summed E-state index contributed by atoms with van der Waals surface area (Å²) in [4.78, 5) is 23.5. The van der Waals surface area contributed by atoms with Crippen LogP contribution in [0.4, 0.5) is 5.69 Å². The molecule has 1 rings (SSSR count). The van der Waals surface area contributed by atoms with Crippen molar-refractivity contribution in [2.75, 3.05) is 26.0 Å². The maximum absolute atomic E-state index is 11.8. The SMILES string of the molecule is COCCNC(=O)C(C)NC(=O)c1n[nH]c(C)c1N. The van der Waals surface area contributed by atoms with E-state index in [-0.39, 0.29) is 17.3 Å². The third kappa shape index (κ3) is 3.95. The number of nitrogen functional groups attached to an aromatic ring is 1. The number of nitrogens with one attached hydrogen (secondary N) is 3. The number of carbonyl (C=O) groups is 2. The van der Waals surface area contributed by atoms with E-state index in [0.717, 1.165) is 0 Å². The predicted molar refractivity (Wildman–Crippen MR) is 69.6 cm³/mol. The quantitative estimate of drug-likeness (QED) is 0.503. The Hall–Kier alpha value is -2.09. The number of hydrogen-bond donors (Lipinski definition) is 4. The van der Waals surface area contributed by atoms with Gasteiger partial charge in [0.1, 0.15) is 6.04 Å². The van der Waals surface area contributed by atoms with Crippen LogP contribution in [0.5, 0.6) is 0 Å². The molecular formula is C11H19N5O3. The number of ether oxygens (including phenoxy) is 1. The summed E-state index contributed by atoms with van der Waals surface area (Å²) in [5, 5.41) is 11.5. The number of H-pyrrole nitrogens is 1. The molecule has 19 heavy (non-hydrogen) atoms. The molecule has 0 spiro atoms. The molecule has 0 aliphatic carbocycles. The topological polar surface area (TPSA) is 122 Å².